The summed E-state index contributed by atoms with van der Waals surface area (Å²) < 4.78 is -0.00757. The topological polar surface area (TPSA) is 74.6 Å². The minimum Gasteiger partial charge on any atom is -0.481 e. The molecule has 2 heterocycles. The molecule has 2 rings (SSSR count). The van der Waals surface area contributed by atoms with Crippen LogP contribution in [0.15, 0.2) is 12.7 Å². The van der Waals surface area contributed by atoms with Crippen molar-refractivity contribution in [2.45, 2.75) is 44.7 Å². The van der Waals surface area contributed by atoms with Crippen molar-refractivity contribution in [2.24, 2.45) is 5.41 Å². The van der Waals surface area contributed by atoms with Crippen molar-refractivity contribution in [1.82, 2.24) is 0 Å². The summed E-state index contributed by atoms with van der Waals surface area (Å²) in [6, 6.07) is -0.194. The molecular weight excluding hydrogens is 234 g/mol. The summed E-state index contributed by atoms with van der Waals surface area (Å²) in [4.78, 5) is 23.0. The molecule has 2 atom stereocenters. The van der Waals surface area contributed by atoms with Crippen LogP contribution in [0.3, 0.4) is 0 Å². The molecule has 2 fully saturated rings. The van der Waals surface area contributed by atoms with E-state index in [-0.39, 0.29) is 16.6 Å². The zero-order valence-electron chi connectivity index (χ0n) is 10.6. The number of hydrogen-bond donors (Lipinski definition) is 2. The lowest BCUT2D eigenvalue weighted by atomic mass is 9.75. The fourth-order valence-electron chi connectivity index (χ4n) is 3.87. The van der Waals surface area contributed by atoms with Crippen LogP contribution < -0.4 is 0 Å². The van der Waals surface area contributed by atoms with Crippen LogP contribution in [0.4, 0.5) is 4.79 Å². The molecule has 0 aromatic heterocycles. The van der Waals surface area contributed by atoms with Crippen molar-refractivity contribution >= 4 is 12.1 Å². The number of carboxylic acids is 1. The van der Waals surface area contributed by atoms with E-state index in [2.05, 4.69) is 6.58 Å². The van der Waals surface area contributed by atoms with E-state index >= 15 is 0 Å². The molecule has 2 N–H and O–H groups in total. The molecular formula is C13H20NO4+. The molecule has 2 aliphatic rings. The second kappa shape index (κ2) is 4.09. The first-order valence-corrected chi connectivity index (χ1v) is 6.32. The SMILES string of the molecule is C=CC[N+]1(C(=O)O)C2CCC1CC(C)(C(=O)O)C2. The number of quaternary nitrogens is 1. The average molecular weight is 254 g/mol. The summed E-state index contributed by atoms with van der Waals surface area (Å²) in [5.74, 6) is -0.804. The number of aliphatic carboxylic acids is 1. The molecule has 0 aliphatic carbocycles. The molecule has 5 nitrogen and oxygen atoms in total. The third kappa shape index (κ3) is 1.57. The lowest BCUT2D eigenvalue weighted by Crippen LogP contribution is -2.65. The minimum absolute atomic E-state index is 0.00757. The summed E-state index contributed by atoms with van der Waals surface area (Å²) in [5.41, 5.74) is -0.774. The number of carboxylic acid groups (broad SMARTS) is 2. The van der Waals surface area contributed by atoms with Crippen molar-refractivity contribution in [2.75, 3.05) is 6.54 Å². The normalized spacial score (nSPS) is 42.5. The van der Waals surface area contributed by atoms with E-state index in [1.165, 1.54) is 0 Å². The fraction of sp³-hybridized carbons (Fsp3) is 0.692. The van der Waals surface area contributed by atoms with Gasteiger partial charge < -0.3 is 10.2 Å². The van der Waals surface area contributed by atoms with E-state index in [1.807, 2.05) is 0 Å². The van der Waals surface area contributed by atoms with Gasteiger partial charge in [-0.2, -0.15) is 4.79 Å². The molecule has 5 heteroatoms. The maximum Gasteiger partial charge on any atom is 0.514 e. The van der Waals surface area contributed by atoms with Crippen LogP contribution in [0.2, 0.25) is 0 Å². The molecule has 18 heavy (non-hydrogen) atoms. The van der Waals surface area contributed by atoms with Crippen molar-refractivity contribution in [3.8, 4) is 0 Å². The maximum absolute atomic E-state index is 11.7. The van der Waals surface area contributed by atoms with Gasteiger partial charge in [0.1, 0.15) is 18.6 Å². The number of amides is 1. The number of rotatable bonds is 3. The molecule has 2 unspecified atom stereocenters. The third-order valence-electron chi connectivity index (χ3n) is 4.81. The predicted octanol–water partition coefficient (Wildman–Crippen LogP) is 2.08. The van der Waals surface area contributed by atoms with Gasteiger partial charge >= 0.3 is 12.1 Å². The van der Waals surface area contributed by atoms with E-state index in [0.717, 1.165) is 12.8 Å². The molecule has 2 aliphatic heterocycles. The van der Waals surface area contributed by atoms with Gasteiger partial charge in [0.05, 0.1) is 5.41 Å². The van der Waals surface area contributed by atoms with E-state index in [4.69, 9.17) is 0 Å². The molecule has 0 aromatic carbocycles. The van der Waals surface area contributed by atoms with Crippen LogP contribution in [0, 0.1) is 5.41 Å². The molecule has 2 saturated heterocycles. The Bertz CT molecular complexity index is 390. The van der Waals surface area contributed by atoms with Crippen LogP contribution in [0.1, 0.15) is 32.6 Å². The van der Waals surface area contributed by atoms with Gasteiger partial charge in [0.25, 0.3) is 0 Å². The van der Waals surface area contributed by atoms with E-state index in [1.54, 1.807) is 13.0 Å². The van der Waals surface area contributed by atoms with E-state index < -0.39 is 17.5 Å². The Hall–Kier alpha value is -1.36. The Morgan fingerprint density at radius 3 is 2.17 bits per heavy atom. The lowest BCUT2D eigenvalue weighted by molar-refractivity contribution is -0.895. The highest BCUT2D eigenvalue weighted by Crippen LogP contribution is 2.50. The van der Waals surface area contributed by atoms with Gasteiger partial charge in [-0.3, -0.25) is 4.79 Å². The Morgan fingerprint density at radius 1 is 1.33 bits per heavy atom. The molecule has 0 spiro atoms. The minimum atomic E-state index is -0.838. The van der Waals surface area contributed by atoms with E-state index in [0.29, 0.717) is 19.4 Å². The molecule has 0 aromatic rings. The number of nitrogens with zero attached hydrogens (tertiary/aromatic N) is 1. The third-order valence-corrected chi connectivity index (χ3v) is 4.81. The highest BCUT2D eigenvalue weighted by molar-refractivity contribution is 5.74. The molecule has 2 bridgehead atoms. The highest BCUT2D eigenvalue weighted by Gasteiger charge is 2.63. The fourth-order valence-corrected chi connectivity index (χ4v) is 3.87. The molecule has 100 valence electrons. The zero-order valence-corrected chi connectivity index (χ0v) is 10.6. The summed E-state index contributed by atoms with van der Waals surface area (Å²) in [6.45, 7) is 5.78. The summed E-state index contributed by atoms with van der Waals surface area (Å²) in [5, 5.41) is 18.9. The van der Waals surface area contributed by atoms with Crippen LogP contribution in [0.5, 0.6) is 0 Å². The quantitative estimate of drug-likeness (QED) is 0.597. The highest BCUT2D eigenvalue weighted by atomic mass is 16.4. The van der Waals surface area contributed by atoms with Crippen molar-refractivity contribution in [1.29, 1.82) is 0 Å². The van der Waals surface area contributed by atoms with Crippen LogP contribution >= 0.6 is 0 Å². The lowest BCUT2D eigenvalue weighted by Gasteiger charge is -2.47. The van der Waals surface area contributed by atoms with Gasteiger partial charge in [0.2, 0.25) is 0 Å². The number of carbonyl (C=O) groups is 2. The standard InChI is InChI=1S/C13H19NO4/c1-3-6-14(12(17)18)9-4-5-10(14)8-13(2,7-9)11(15)16/h3,9-10H,1,4-8H2,2H3,(H-,15,16,17,18)/p+1. The summed E-state index contributed by atoms with van der Waals surface area (Å²) >= 11 is 0. The smallest absolute Gasteiger partial charge is 0.481 e. The van der Waals surface area contributed by atoms with Crippen molar-refractivity contribution in [3.05, 3.63) is 12.7 Å². The second-order valence-electron chi connectivity index (χ2n) is 5.84. The number of hydrogen-bond acceptors (Lipinski definition) is 2. The van der Waals surface area contributed by atoms with Crippen LogP contribution in [0.25, 0.3) is 0 Å². The Morgan fingerprint density at radius 2 is 1.83 bits per heavy atom. The Balaban J connectivity index is 2.37. The Kier molecular flexibility index (Phi) is 2.97. The molecule has 0 radical (unpaired) electrons. The molecule has 0 saturated carbocycles. The van der Waals surface area contributed by atoms with Gasteiger partial charge in [-0.15, -0.1) is 0 Å². The van der Waals surface area contributed by atoms with Gasteiger partial charge in [-0.05, 0) is 13.0 Å². The first kappa shape index (κ1) is 13.1. The number of piperidine rings is 1. The van der Waals surface area contributed by atoms with Gasteiger partial charge in [-0.25, -0.2) is 4.48 Å². The predicted molar refractivity (Wildman–Crippen MR) is 65.1 cm³/mol. The first-order valence-electron chi connectivity index (χ1n) is 6.32. The monoisotopic (exact) mass is 254 g/mol. The average Bonchev–Trinajstić information content (AvgIpc) is 2.50. The Labute approximate surface area is 106 Å². The summed E-state index contributed by atoms with van der Waals surface area (Å²) in [6.07, 6.45) is 3.29. The van der Waals surface area contributed by atoms with E-state index in [9.17, 15) is 19.8 Å². The van der Waals surface area contributed by atoms with Crippen molar-refractivity contribution < 1.29 is 24.3 Å². The largest absolute Gasteiger partial charge is 0.514 e. The zero-order chi connectivity index (χ0) is 13.6. The van der Waals surface area contributed by atoms with Crippen LogP contribution in [-0.2, 0) is 4.79 Å². The van der Waals surface area contributed by atoms with Crippen molar-refractivity contribution in [3.63, 3.8) is 0 Å². The first-order chi connectivity index (χ1) is 8.36. The maximum atomic E-state index is 11.7. The second-order valence-corrected chi connectivity index (χ2v) is 5.84. The number of fused-ring (bicyclic) bond motifs is 2. The molecule has 1 amide bonds. The van der Waals surface area contributed by atoms with Gasteiger partial charge in [-0.1, -0.05) is 6.58 Å². The van der Waals surface area contributed by atoms with Gasteiger partial charge in [0.15, 0.2) is 0 Å². The van der Waals surface area contributed by atoms with Crippen LogP contribution in [-0.4, -0.2) is 45.4 Å². The summed E-state index contributed by atoms with van der Waals surface area (Å²) in [7, 11) is 0. The van der Waals surface area contributed by atoms with Gasteiger partial charge in [0, 0.05) is 25.7 Å².